The second-order valence-electron chi connectivity index (χ2n) is 5.57. The predicted molar refractivity (Wildman–Crippen MR) is 85.2 cm³/mol. The van der Waals surface area contributed by atoms with Crippen LogP contribution in [0.2, 0.25) is 0 Å². The largest absolute Gasteiger partial charge is 0.481 e. The molecule has 118 valence electrons. The molecule has 0 fully saturated rings. The summed E-state index contributed by atoms with van der Waals surface area (Å²) in [6.45, 7) is 0.194. The smallest absolute Gasteiger partial charge is 0.411 e. The topological polar surface area (TPSA) is 75.6 Å². The van der Waals surface area contributed by atoms with Crippen LogP contribution >= 0.6 is 0 Å². The summed E-state index contributed by atoms with van der Waals surface area (Å²) >= 11 is 0. The van der Waals surface area contributed by atoms with Gasteiger partial charge in [-0.3, -0.25) is 10.1 Å². The number of benzene rings is 2. The van der Waals surface area contributed by atoms with Crippen molar-refractivity contribution in [2.75, 3.05) is 5.32 Å². The molecule has 0 spiro atoms. The number of carboxylic acid groups (broad SMARTS) is 1. The van der Waals surface area contributed by atoms with Gasteiger partial charge in [0.25, 0.3) is 0 Å². The SMILES string of the molecule is O=C(Nc1cccc2c1CC(C(=O)O)C2)OCc1ccccc1. The van der Waals surface area contributed by atoms with Crippen molar-refractivity contribution in [1.29, 1.82) is 0 Å². The van der Waals surface area contributed by atoms with E-state index in [0.717, 1.165) is 16.7 Å². The highest BCUT2D eigenvalue weighted by molar-refractivity contribution is 5.86. The monoisotopic (exact) mass is 311 g/mol. The summed E-state index contributed by atoms with van der Waals surface area (Å²) in [5.41, 5.74) is 3.39. The Balaban J connectivity index is 1.64. The summed E-state index contributed by atoms with van der Waals surface area (Å²) in [6, 6.07) is 14.9. The molecule has 0 radical (unpaired) electrons. The van der Waals surface area contributed by atoms with Crippen molar-refractivity contribution in [1.82, 2.24) is 0 Å². The summed E-state index contributed by atoms with van der Waals surface area (Å²) in [5, 5.41) is 11.9. The number of aliphatic carboxylic acids is 1. The molecule has 0 saturated carbocycles. The van der Waals surface area contributed by atoms with Crippen LogP contribution in [0.3, 0.4) is 0 Å². The van der Waals surface area contributed by atoms with Gasteiger partial charge in [0.15, 0.2) is 0 Å². The van der Waals surface area contributed by atoms with Gasteiger partial charge < -0.3 is 9.84 Å². The molecule has 3 rings (SSSR count). The molecule has 2 aromatic carbocycles. The Morgan fingerprint density at radius 1 is 1.09 bits per heavy atom. The number of carbonyl (C=O) groups excluding carboxylic acids is 1. The number of anilines is 1. The Bertz CT molecular complexity index is 727. The molecule has 0 saturated heterocycles. The van der Waals surface area contributed by atoms with Gasteiger partial charge in [-0.15, -0.1) is 0 Å². The number of hydrogen-bond donors (Lipinski definition) is 2. The van der Waals surface area contributed by atoms with Crippen LogP contribution in [0.15, 0.2) is 48.5 Å². The summed E-state index contributed by atoms with van der Waals surface area (Å²) < 4.78 is 5.20. The zero-order valence-electron chi connectivity index (χ0n) is 12.5. The Morgan fingerprint density at radius 3 is 2.61 bits per heavy atom. The fourth-order valence-corrected chi connectivity index (χ4v) is 2.81. The van der Waals surface area contributed by atoms with Crippen LogP contribution in [0.1, 0.15) is 16.7 Å². The first-order chi connectivity index (χ1) is 11.1. The third kappa shape index (κ3) is 3.51. The van der Waals surface area contributed by atoms with Gasteiger partial charge >= 0.3 is 12.1 Å². The van der Waals surface area contributed by atoms with E-state index in [-0.39, 0.29) is 6.61 Å². The van der Waals surface area contributed by atoms with Crippen molar-refractivity contribution in [2.45, 2.75) is 19.4 Å². The fraction of sp³-hybridized carbons (Fsp3) is 0.222. The number of carboxylic acids is 1. The van der Waals surface area contributed by atoms with E-state index >= 15 is 0 Å². The molecular weight excluding hydrogens is 294 g/mol. The lowest BCUT2D eigenvalue weighted by atomic mass is 10.1. The molecular formula is C18H17NO4. The molecule has 0 bridgehead atoms. The highest BCUT2D eigenvalue weighted by Gasteiger charge is 2.29. The minimum absolute atomic E-state index is 0.194. The summed E-state index contributed by atoms with van der Waals surface area (Å²) in [5.74, 6) is -1.23. The van der Waals surface area contributed by atoms with E-state index in [9.17, 15) is 9.59 Å². The number of rotatable bonds is 4. The van der Waals surface area contributed by atoms with Gasteiger partial charge in [0, 0.05) is 5.69 Å². The molecule has 0 heterocycles. The van der Waals surface area contributed by atoms with E-state index in [2.05, 4.69) is 5.32 Å². The van der Waals surface area contributed by atoms with E-state index in [0.29, 0.717) is 18.5 Å². The van der Waals surface area contributed by atoms with Crippen LogP contribution in [0.4, 0.5) is 10.5 Å². The zero-order valence-corrected chi connectivity index (χ0v) is 12.5. The van der Waals surface area contributed by atoms with Gasteiger partial charge in [-0.1, -0.05) is 42.5 Å². The number of ether oxygens (including phenoxy) is 1. The fourth-order valence-electron chi connectivity index (χ4n) is 2.81. The summed E-state index contributed by atoms with van der Waals surface area (Å²) in [6.07, 6.45) is 0.389. The third-order valence-corrected chi connectivity index (χ3v) is 3.99. The van der Waals surface area contributed by atoms with Gasteiger partial charge in [-0.25, -0.2) is 4.79 Å². The highest BCUT2D eigenvalue weighted by atomic mass is 16.5. The normalized spacial score (nSPS) is 15.7. The Kier molecular flexibility index (Phi) is 4.28. The average Bonchev–Trinajstić information content (AvgIpc) is 3.00. The van der Waals surface area contributed by atoms with E-state index in [1.807, 2.05) is 42.5 Å². The second kappa shape index (κ2) is 6.52. The lowest BCUT2D eigenvalue weighted by Gasteiger charge is -2.11. The van der Waals surface area contributed by atoms with Gasteiger partial charge in [0.1, 0.15) is 6.61 Å². The molecule has 1 atom stereocenters. The summed E-state index contributed by atoms with van der Waals surface area (Å²) in [4.78, 5) is 23.1. The van der Waals surface area contributed by atoms with Crippen molar-refractivity contribution in [3.05, 3.63) is 65.2 Å². The predicted octanol–water partition coefficient (Wildman–Crippen LogP) is 3.23. The molecule has 2 aromatic rings. The number of fused-ring (bicyclic) bond motifs is 1. The van der Waals surface area contributed by atoms with Crippen LogP contribution in [0, 0.1) is 5.92 Å². The minimum Gasteiger partial charge on any atom is -0.481 e. The van der Waals surface area contributed by atoms with Crippen molar-refractivity contribution >= 4 is 17.7 Å². The molecule has 1 amide bonds. The van der Waals surface area contributed by atoms with E-state index in [1.54, 1.807) is 6.07 Å². The quantitative estimate of drug-likeness (QED) is 0.909. The van der Waals surface area contributed by atoms with Gasteiger partial charge in [0.2, 0.25) is 0 Å². The molecule has 5 nitrogen and oxygen atoms in total. The van der Waals surface area contributed by atoms with Crippen LogP contribution in [-0.2, 0) is 29.0 Å². The Morgan fingerprint density at radius 2 is 1.87 bits per heavy atom. The number of carbonyl (C=O) groups is 2. The maximum absolute atomic E-state index is 12.0. The van der Waals surface area contributed by atoms with Crippen LogP contribution in [0.25, 0.3) is 0 Å². The standard InChI is InChI=1S/C18H17NO4/c20-17(21)14-9-13-7-4-8-16(15(13)10-14)19-18(22)23-11-12-5-2-1-3-6-12/h1-8,14H,9-11H2,(H,19,22)(H,20,21). The van der Waals surface area contributed by atoms with Crippen LogP contribution < -0.4 is 5.32 Å². The molecule has 1 unspecified atom stereocenters. The zero-order chi connectivity index (χ0) is 16.2. The second-order valence-corrected chi connectivity index (χ2v) is 5.57. The van der Waals surface area contributed by atoms with Crippen LogP contribution in [-0.4, -0.2) is 17.2 Å². The number of nitrogens with one attached hydrogen (secondary N) is 1. The molecule has 5 heteroatoms. The van der Waals surface area contributed by atoms with Crippen molar-refractivity contribution in [3.8, 4) is 0 Å². The first-order valence-corrected chi connectivity index (χ1v) is 7.45. The first kappa shape index (κ1) is 15.1. The Labute approximate surface area is 133 Å². The van der Waals surface area contributed by atoms with Crippen LogP contribution in [0.5, 0.6) is 0 Å². The molecule has 1 aliphatic rings. The average molecular weight is 311 g/mol. The first-order valence-electron chi connectivity index (χ1n) is 7.45. The van der Waals surface area contributed by atoms with Gasteiger partial charge in [-0.2, -0.15) is 0 Å². The van der Waals surface area contributed by atoms with Crippen molar-refractivity contribution in [2.24, 2.45) is 5.92 Å². The lowest BCUT2D eigenvalue weighted by molar-refractivity contribution is -0.141. The highest BCUT2D eigenvalue weighted by Crippen LogP contribution is 2.32. The van der Waals surface area contributed by atoms with Gasteiger partial charge in [0.05, 0.1) is 5.92 Å². The summed E-state index contributed by atoms with van der Waals surface area (Å²) in [7, 11) is 0. The maximum Gasteiger partial charge on any atom is 0.411 e. The Hall–Kier alpha value is -2.82. The van der Waals surface area contributed by atoms with Gasteiger partial charge in [-0.05, 0) is 35.6 Å². The third-order valence-electron chi connectivity index (χ3n) is 3.99. The molecule has 23 heavy (non-hydrogen) atoms. The van der Waals surface area contributed by atoms with E-state index in [1.165, 1.54) is 0 Å². The van der Waals surface area contributed by atoms with E-state index < -0.39 is 18.0 Å². The molecule has 2 N–H and O–H groups in total. The molecule has 1 aliphatic carbocycles. The number of amides is 1. The maximum atomic E-state index is 12.0. The van der Waals surface area contributed by atoms with E-state index in [4.69, 9.17) is 9.84 Å². The van der Waals surface area contributed by atoms with Crippen molar-refractivity contribution in [3.63, 3.8) is 0 Å². The lowest BCUT2D eigenvalue weighted by Crippen LogP contribution is -2.15. The molecule has 0 aliphatic heterocycles. The number of hydrogen-bond acceptors (Lipinski definition) is 3. The molecule has 0 aromatic heterocycles. The van der Waals surface area contributed by atoms with Crippen molar-refractivity contribution < 1.29 is 19.4 Å². The minimum atomic E-state index is -0.807.